The predicted octanol–water partition coefficient (Wildman–Crippen LogP) is 0.543. The van der Waals surface area contributed by atoms with Gasteiger partial charge in [-0.05, 0) is 11.6 Å². The van der Waals surface area contributed by atoms with Crippen molar-refractivity contribution in [2.75, 3.05) is 26.2 Å². The molecule has 1 aliphatic rings. The minimum Gasteiger partial charge on any atom is -0.476 e. The van der Waals surface area contributed by atoms with Crippen LogP contribution in [0.1, 0.15) is 16.1 Å². The van der Waals surface area contributed by atoms with E-state index >= 15 is 0 Å². The van der Waals surface area contributed by atoms with E-state index in [0.29, 0.717) is 31.2 Å². The van der Waals surface area contributed by atoms with Crippen LogP contribution >= 0.6 is 11.6 Å². The van der Waals surface area contributed by atoms with Crippen molar-refractivity contribution in [3.05, 3.63) is 46.7 Å². The molecular formula is C17H18ClN5O4. The number of hydrogen-bond donors (Lipinski definition) is 1. The lowest BCUT2D eigenvalue weighted by Crippen LogP contribution is -2.51. The van der Waals surface area contributed by atoms with Crippen molar-refractivity contribution >= 4 is 29.4 Å². The third-order valence-corrected chi connectivity index (χ3v) is 4.71. The molecule has 3 rings (SSSR count). The number of hydrogen-bond acceptors (Lipinski definition) is 5. The van der Waals surface area contributed by atoms with E-state index in [2.05, 4.69) is 10.3 Å². The van der Waals surface area contributed by atoms with Gasteiger partial charge in [0.1, 0.15) is 6.54 Å². The van der Waals surface area contributed by atoms with Crippen molar-refractivity contribution in [1.29, 1.82) is 0 Å². The molecule has 1 aliphatic heterocycles. The number of carboxylic acids is 1. The van der Waals surface area contributed by atoms with Crippen LogP contribution in [0.3, 0.4) is 0 Å². The van der Waals surface area contributed by atoms with Crippen LogP contribution in [0.25, 0.3) is 0 Å². The summed E-state index contributed by atoms with van der Waals surface area (Å²) in [5.41, 5.74) is 0.570. The number of nitrogens with zero attached hydrogens (tertiary/aromatic N) is 5. The number of carbonyl (C=O) groups is 3. The highest BCUT2D eigenvalue weighted by molar-refractivity contribution is 6.31. The molecule has 0 aliphatic carbocycles. The zero-order valence-corrected chi connectivity index (χ0v) is 15.2. The van der Waals surface area contributed by atoms with Gasteiger partial charge in [0, 0.05) is 31.2 Å². The molecule has 27 heavy (non-hydrogen) atoms. The van der Waals surface area contributed by atoms with Gasteiger partial charge in [-0.25, -0.2) is 9.48 Å². The summed E-state index contributed by atoms with van der Waals surface area (Å²) in [6, 6.07) is 7.23. The highest BCUT2D eigenvalue weighted by Crippen LogP contribution is 2.16. The maximum absolute atomic E-state index is 12.4. The SMILES string of the molecule is O=C(O)c1cn(CC(=O)N2CCN(C(=O)Cc3ccccc3Cl)CC2)nn1. The van der Waals surface area contributed by atoms with Crippen LogP contribution in [0.15, 0.2) is 30.5 Å². The molecule has 1 aromatic heterocycles. The molecule has 10 heteroatoms. The first-order valence-corrected chi connectivity index (χ1v) is 8.74. The summed E-state index contributed by atoms with van der Waals surface area (Å²) in [5.74, 6) is -1.42. The second-order valence-corrected chi connectivity index (χ2v) is 6.54. The van der Waals surface area contributed by atoms with Gasteiger partial charge in [-0.1, -0.05) is 35.0 Å². The number of benzene rings is 1. The van der Waals surface area contributed by atoms with Gasteiger partial charge in [-0.2, -0.15) is 0 Å². The number of piperazine rings is 1. The summed E-state index contributed by atoms with van der Waals surface area (Å²) < 4.78 is 1.20. The van der Waals surface area contributed by atoms with Crippen molar-refractivity contribution in [2.45, 2.75) is 13.0 Å². The lowest BCUT2D eigenvalue weighted by molar-refractivity contribution is -0.139. The minimum atomic E-state index is -1.20. The van der Waals surface area contributed by atoms with E-state index in [1.54, 1.807) is 15.9 Å². The summed E-state index contributed by atoms with van der Waals surface area (Å²) in [4.78, 5) is 38.9. The number of aromatic carboxylic acids is 1. The fraction of sp³-hybridized carbons (Fsp3) is 0.353. The second-order valence-electron chi connectivity index (χ2n) is 6.14. The van der Waals surface area contributed by atoms with Crippen molar-refractivity contribution in [3.63, 3.8) is 0 Å². The number of amides is 2. The highest BCUT2D eigenvalue weighted by atomic mass is 35.5. The Bertz CT molecular complexity index is 861. The minimum absolute atomic E-state index is 0.0300. The molecule has 0 unspecified atom stereocenters. The first kappa shape index (κ1) is 18.8. The third-order valence-electron chi connectivity index (χ3n) is 4.34. The summed E-state index contributed by atoms with van der Waals surface area (Å²) >= 11 is 6.10. The highest BCUT2D eigenvalue weighted by Gasteiger charge is 2.25. The second kappa shape index (κ2) is 8.17. The van der Waals surface area contributed by atoms with Gasteiger partial charge < -0.3 is 14.9 Å². The number of halogens is 1. The molecule has 2 heterocycles. The van der Waals surface area contributed by atoms with Crippen molar-refractivity contribution < 1.29 is 19.5 Å². The average molecular weight is 392 g/mol. The van der Waals surface area contributed by atoms with E-state index in [4.69, 9.17) is 16.7 Å². The first-order valence-electron chi connectivity index (χ1n) is 8.36. The molecular weight excluding hydrogens is 374 g/mol. The van der Waals surface area contributed by atoms with Crippen molar-refractivity contribution in [1.82, 2.24) is 24.8 Å². The summed E-state index contributed by atoms with van der Waals surface area (Å²) in [6.45, 7) is 1.61. The molecule has 0 bridgehead atoms. The van der Waals surface area contributed by atoms with Crippen LogP contribution in [0.4, 0.5) is 0 Å². The van der Waals surface area contributed by atoms with E-state index in [1.165, 1.54) is 10.9 Å². The smallest absolute Gasteiger partial charge is 0.358 e. The largest absolute Gasteiger partial charge is 0.476 e. The van der Waals surface area contributed by atoms with Crippen LogP contribution in [0.2, 0.25) is 5.02 Å². The van der Waals surface area contributed by atoms with Gasteiger partial charge in [0.15, 0.2) is 5.69 Å². The maximum Gasteiger partial charge on any atom is 0.358 e. The van der Waals surface area contributed by atoms with Gasteiger partial charge >= 0.3 is 5.97 Å². The van der Waals surface area contributed by atoms with E-state index in [0.717, 1.165) is 5.56 Å². The fourth-order valence-electron chi connectivity index (χ4n) is 2.83. The molecule has 2 aromatic rings. The fourth-order valence-corrected chi connectivity index (χ4v) is 3.04. The molecule has 0 atom stereocenters. The molecule has 142 valence electrons. The Morgan fingerprint density at radius 1 is 1.04 bits per heavy atom. The van der Waals surface area contributed by atoms with E-state index in [1.807, 2.05) is 18.2 Å². The van der Waals surface area contributed by atoms with Gasteiger partial charge in [-0.15, -0.1) is 5.10 Å². The van der Waals surface area contributed by atoms with Gasteiger partial charge in [-0.3, -0.25) is 9.59 Å². The lowest BCUT2D eigenvalue weighted by atomic mass is 10.1. The summed E-state index contributed by atoms with van der Waals surface area (Å²) in [5, 5.41) is 16.5. The number of rotatable bonds is 5. The molecule has 2 amide bonds. The Morgan fingerprint density at radius 2 is 1.67 bits per heavy atom. The predicted molar refractivity (Wildman–Crippen MR) is 95.3 cm³/mol. The quantitative estimate of drug-likeness (QED) is 0.797. The molecule has 0 saturated carbocycles. The molecule has 9 nitrogen and oxygen atoms in total. The molecule has 1 saturated heterocycles. The third kappa shape index (κ3) is 4.62. The van der Waals surface area contributed by atoms with Crippen LogP contribution < -0.4 is 0 Å². The maximum atomic E-state index is 12.4. The number of carboxylic acid groups (broad SMARTS) is 1. The van der Waals surface area contributed by atoms with Crippen LogP contribution in [-0.4, -0.2) is 73.9 Å². The normalized spacial score (nSPS) is 14.3. The van der Waals surface area contributed by atoms with Crippen LogP contribution in [0, 0.1) is 0 Å². The number of aromatic nitrogens is 3. The zero-order valence-electron chi connectivity index (χ0n) is 14.4. The Hall–Kier alpha value is -2.94. The Morgan fingerprint density at radius 3 is 2.26 bits per heavy atom. The van der Waals surface area contributed by atoms with Crippen LogP contribution in [-0.2, 0) is 22.6 Å². The van der Waals surface area contributed by atoms with Crippen molar-refractivity contribution in [2.24, 2.45) is 0 Å². The molecule has 1 fully saturated rings. The monoisotopic (exact) mass is 391 g/mol. The average Bonchev–Trinajstić information content (AvgIpc) is 3.12. The summed E-state index contributed by atoms with van der Waals surface area (Å²) in [7, 11) is 0. The molecule has 0 radical (unpaired) electrons. The summed E-state index contributed by atoms with van der Waals surface area (Å²) in [6.07, 6.45) is 1.44. The molecule has 1 aromatic carbocycles. The van der Waals surface area contributed by atoms with Crippen molar-refractivity contribution in [3.8, 4) is 0 Å². The van der Waals surface area contributed by atoms with Crippen LogP contribution in [0.5, 0.6) is 0 Å². The van der Waals surface area contributed by atoms with E-state index < -0.39 is 5.97 Å². The lowest BCUT2D eigenvalue weighted by Gasteiger charge is -2.34. The topological polar surface area (TPSA) is 109 Å². The van der Waals surface area contributed by atoms with E-state index in [-0.39, 0.29) is 30.5 Å². The Labute approximate surface area is 160 Å². The standard InChI is InChI=1S/C17H18ClN5O4/c18-13-4-2-1-3-12(13)9-15(24)21-5-7-22(8-6-21)16(25)11-23-10-14(17(26)27)19-20-23/h1-4,10H,5-9,11H2,(H,26,27). The van der Waals surface area contributed by atoms with Gasteiger partial charge in [0.25, 0.3) is 0 Å². The number of carbonyl (C=O) groups excluding carboxylic acids is 2. The Balaban J connectivity index is 1.50. The first-order chi connectivity index (χ1) is 12.9. The zero-order chi connectivity index (χ0) is 19.4. The van der Waals surface area contributed by atoms with Gasteiger partial charge in [0.05, 0.1) is 12.6 Å². The van der Waals surface area contributed by atoms with E-state index in [9.17, 15) is 14.4 Å². The molecule has 1 N–H and O–H groups in total. The molecule has 0 spiro atoms. The van der Waals surface area contributed by atoms with Gasteiger partial charge in [0.2, 0.25) is 11.8 Å². The Kier molecular flexibility index (Phi) is 5.70.